The van der Waals surface area contributed by atoms with Crippen LogP contribution in [-0.4, -0.2) is 28.8 Å². The number of hydrogen-bond donors (Lipinski definition) is 0. The number of benzene rings is 1. The standard InChI is InChI=1S/C21H26BrFN2O2/c1-14-20(22)21(16-6-8-17(23)9-7-16)25(24-14)13-15-5-10-18(12-15)27-19-4-2-3-11-26-19/h6-9,15,18-19H,2-5,10-13H2,1H3. The van der Waals surface area contributed by atoms with Gasteiger partial charge in [0.25, 0.3) is 0 Å². The van der Waals surface area contributed by atoms with Crippen LogP contribution in [0.25, 0.3) is 11.3 Å². The second kappa shape index (κ2) is 8.41. The molecule has 1 aliphatic heterocycles. The SMILES string of the molecule is Cc1nn(CC2CCC(OC3CCCCO3)C2)c(-c2ccc(F)cc2)c1Br. The summed E-state index contributed by atoms with van der Waals surface area (Å²) in [6, 6.07) is 6.62. The van der Waals surface area contributed by atoms with Crippen LogP contribution >= 0.6 is 15.9 Å². The Morgan fingerprint density at radius 1 is 1.22 bits per heavy atom. The predicted octanol–water partition coefficient (Wildman–Crippen LogP) is 5.47. The molecule has 27 heavy (non-hydrogen) atoms. The molecule has 146 valence electrons. The molecule has 1 aromatic heterocycles. The zero-order chi connectivity index (χ0) is 18.8. The molecule has 4 rings (SSSR count). The van der Waals surface area contributed by atoms with Crippen LogP contribution in [0.3, 0.4) is 0 Å². The van der Waals surface area contributed by atoms with E-state index in [1.165, 1.54) is 18.6 Å². The Labute approximate surface area is 168 Å². The molecule has 6 heteroatoms. The predicted molar refractivity (Wildman–Crippen MR) is 106 cm³/mol. The Morgan fingerprint density at radius 3 is 2.78 bits per heavy atom. The van der Waals surface area contributed by atoms with Crippen LogP contribution in [0.4, 0.5) is 4.39 Å². The normalized spacial score (nSPS) is 25.8. The summed E-state index contributed by atoms with van der Waals surface area (Å²) >= 11 is 3.66. The fourth-order valence-corrected chi connectivity index (χ4v) is 4.68. The van der Waals surface area contributed by atoms with Crippen molar-refractivity contribution < 1.29 is 13.9 Å². The first-order chi connectivity index (χ1) is 13.1. The number of hydrogen-bond acceptors (Lipinski definition) is 3. The van der Waals surface area contributed by atoms with Gasteiger partial charge < -0.3 is 9.47 Å². The molecular formula is C21H26BrFN2O2. The Bertz CT molecular complexity index is 771. The van der Waals surface area contributed by atoms with E-state index in [0.717, 1.165) is 66.7 Å². The van der Waals surface area contributed by atoms with Gasteiger partial charge in [0.15, 0.2) is 6.29 Å². The third-order valence-electron chi connectivity index (χ3n) is 5.58. The second-order valence-electron chi connectivity index (χ2n) is 7.67. The third-order valence-corrected chi connectivity index (χ3v) is 6.53. The van der Waals surface area contributed by atoms with Gasteiger partial charge in [-0.1, -0.05) is 0 Å². The zero-order valence-corrected chi connectivity index (χ0v) is 17.3. The van der Waals surface area contributed by atoms with Gasteiger partial charge in [-0.25, -0.2) is 4.39 Å². The van der Waals surface area contributed by atoms with Gasteiger partial charge in [0.1, 0.15) is 5.82 Å². The van der Waals surface area contributed by atoms with Crippen LogP contribution in [-0.2, 0) is 16.0 Å². The molecule has 1 aliphatic carbocycles. The van der Waals surface area contributed by atoms with Crippen LogP contribution in [0.5, 0.6) is 0 Å². The first kappa shape index (κ1) is 19.1. The van der Waals surface area contributed by atoms with Gasteiger partial charge in [-0.2, -0.15) is 5.10 Å². The van der Waals surface area contributed by atoms with E-state index in [-0.39, 0.29) is 18.2 Å². The van der Waals surface area contributed by atoms with E-state index in [2.05, 4.69) is 20.6 Å². The lowest BCUT2D eigenvalue weighted by atomic mass is 10.1. The first-order valence-corrected chi connectivity index (χ1v) is 10.7. The molecule has 4 nitrogen and oxygen atoms in total. The van der Waals surface area contributed by atoms with Gasteiger partial charge >= 0.3 is 0 Å². The van der Waals surface area contributed by atoms with Gasteiger partial charge in [-0.15, -0.1) is 0 Å². The Morgan fingerprint density at radius 2 is 2.04 bits per heavy atom. The number of aryl methyl sites for hydroxylation is 1. The minimum Gasteiger partial charge on any atom is -0.353 e. The Balaban J connectivity index is 1.44. The molecule has 0 amide bonds. The highest BCUT2D eigenvalue weighted by Crippen LogP contribution is 2.35. The summed E-state index contributed by atoms with van der Waals surface area (Å²) in [7, 11) is 0. The summed E-state index contributed by atoms with van der Waals surface area (Å²) < 4.78 is 28.3. The molecule has 0 N–H and O–H groups in total. The average Bonchev–Trinajstić information content (AvgIpc) is 3.21. The Kier molecular flexibility index (Phi) is 5.95. The number of rotatable bonds is 5. The van der Waals surface area contributed by atoms with Crippen molar-refractivity contribution in [3.8, 4) is 11.3 Å². The molecule has 3 atom stereocenters. The van der Waals surface area contributed by atoms with Crippen molar-refractivity contribution in [3.05, 3.63) is 40.2 Å². The zero-order valence-electron chi connectivity index (χ0n) is 15.7. The molecule has 0 bridgehead atoms. The maximum absolute atomic E-state index is 13.3. The van der Waals surface area contributed by atoms with E-state index in [9.17, 15) is 4.39 Å². The molecular weight excluding hydrogens is 411 g/mol. The van der Waals surface area contributed by atoms with Crippen LogP contribution in [0.1, 0.15) is 44.2 Å². The number of nitrogens with zero attached hydrogens (tertiary/aromatic N) is 2. The topological polar surface area (TPSA) is 36.3 Å². The average molecular weight is 437 g/mol. The van der Waals surface area contributed by atoms with Crippen molar-refractivity contribution in [2.24, 2.45) is 5.92 Å². The maximum atomic E-state index is 13.3. The van der Waals surface area contributed by atoms with Crippen molar-refractivity contribution in [3.63, 3.8) is 0 Å². The molecule has 2 heterocycles. The smallest absolute Gasteiger partial charge is 0.157 e. The van der Waals surface area contributed by atoms with Crippen molar-refractivity contribution >= 4 is 15.9 Å². The lowest BCUT2D eigenvalue weighted by Gasteiger charge is -2.26. The van der Waals surface area contributed by atoms with E-state index < -0.39 is 0 Å². The van der Waals surface area contributed by atoms with Crippen molar-refractivity contribution in [1.29, 1.82) is 0 Å². The summed E-state index contributed by atoms with van der Waals surface area (Å²) in [4.78, 5) is 0. The van der Waals surface area contributed by atoms with Crippen LogP contribution in [0.15, 0.2) is 28.7 Å². The van der Waals surface area contributed by atoms with Gasteiger partial charge in [0, 0.05) is 18.7 Å². The second-order valence-corrected chi connectivity index (χ2v) is 8.46. The summed E-state index contributed by atoms with van der Waals surface area (Å²) in [6.45, 7) is 3.67. The summed E-state index contributed by atoms with van der Waals surface area (Å²) in [5.74, 6) is 0.308. The molecule has 2 aliphatic rings. The fourth-order valence-electron chi connectivity index (χ4n) is 4.17. The van der Waals surface area contributed by atoms with Crippen molar-refractivity contribution in [2.45, 2.75) is 64.4 Å². The van der Waals surface area contributed by atoms with Gasteiger partial charge in [0.05, 0.1) is 22.0 Å². The molecule has 0 spiro atoms. The molecule has 3 unspecified atom stereocenters. The monoisotopic (exact) mass is 436 g/mol. The largest absolute Gasteiger partial charge is 0.353 e. The third kappa shape index (κ3) is 4.44. The minimum absolute atomic E-state index is 0.0154. The highest BCUT2D eigenvalue weighted by molar-refractivity contribution is 9.10. The molecule has 1 saturated carbocycles. The van der Waals surface area contributed by atoms with E-state index >= 15 is 0 Å². The highest BCUT2D eigenvalue weighted by Gasteiger charge is 2.30. The van der Waals surface area contributed by atoms with E-state index in [1.807, 2.05) is 19.1 Å². The van der Waals surface area contributed by atoms with Crippen molar-refractivity contribution in [1.82, 2.24) is 9.78 Å². The quantitative estimate of drug-likeness (QED) is 0.622. The molecule has 1 aromatic carbocycles. The minimum atomic E-state index is -0.224. The summed E-state index contributed by atoms with van der Waals surface area (Å²) in [5.41, 5.74) is 2.95. The number of ether oxygens (including phenoxy) is 2. The molecule has 0 radical (unpaired) electrons. The van der Waals surface area contributed by atoms with E-state index in [0.29, 0.717) is 5.92 Å². The van der Waals surface area contributed by atoms with Crippen molar-refractivity contribution in [2.75, 3.05) is 6.61 Å². The fraction of sp³-hybridized carbons (Fsp3) is 0.571. The highest BCUT2D eigenvalue weighted by atomic mass is 79.9. The Hall–Kier alpha value is -1.24. The number of halogens is 2. The van der Waals surface area contributed by atoms with Crippen LogP contribution in [0, 0.1) is 18.7 Å². The van der Waals surface area contributed by atoms with Crippen LogP contribution in [0.2, 0.25) is 0 Å². The lowest BCUT2D eigenvalue weighted by Crippen LogP contribution is -2.26. The van der Waals surface area contributed by atoms with E-state index in [1.54, 1.807) is 0 Å². The maximum Gasteiger partial charge on any atom is 0.157 e. The summed E-state index contributed by atoms with van der Waals surface area (Å²) in [5, 5.41) is 4.72. The molecule has 2 fully saturated rings. The van der Waals surface area contributed by atoms with Gasteiger partial charge in [-0.3, -0.25) is 4.68 Å². The van der Waals surface area contributed by atoms with E-state index in [4.69, 9.17) is 14.6 Å². The molecule has 2 aromatic rings. The first-order valence-electron chi connectivity index (χ1n) is 9.86. The molecule has 1 saturated heterocycles. The lowest BCUT2D eigenvalue weighted by molar-refractivity contribution is -0.186. The number of aromatic nitrogens is 2. The van der Waals surface area contributed by atoms with Gasteiger partial charge in [-0.05, 0) is 91.6 Å². The summed E-state index contributed by atoms with van der Waals surface area (Å²) in [6.07, 6.45) is 6.88. The van der Waals surface area contributed by atoms with Gasteiger partial charge in [0.2, 0.25) is 0 Å². The van der Waals surface area contributed by atoms with Crippen LogP contribution < -0.4 is 0 Å².